The minimum absolute atomic E-state index is 0.00130. The highest BCUT2D eigenvalue weighted by molar-refractivity contribution is 5.98. The predicted molar refractivity (Wildman–Crippen MR) is 118 cm³/mol. The van der Waals surface area contributed by atoms with E-state index < -0.39 is 22.9 Å². The number of amides is 1. The zero-order chi connectivity index (χ0) is 23.1. The minimum Gasteiger partial charge on any atom is -0.449 e. The molecule has 1 amide bonds. The van der Waals surface area contributed by atoms with E-state index in [-0.39, 0.29) is 11.3 Å². The fraction of sp³-hybridized carbons (Fsp3) is 0.348. The lowest BCUT2D eigenvalue weighted by molar-refractivity contribution is -0.384. The zero-order valence-electron chi connectivity index (χ0n) is 17.7. The Hall–Kier alpha value is -3.93. The number of rotatable bonds is 6. The number of esters is 1. The lowest BCUT2D eigenvalue weighted by Gasteiger charge is -2.22. The monoisotopic (exact) mass is 436 g/mol. The summed E-state index contributed by atoms with van der Waals surface area (Å²) in [5.74, 6) is -1.41. The van der Waals surface area contributed by atoms with E-state index in [9.17, 15) is 19.7 Å². The number of carbonyl (C=O) groups is 2. The van der Waals surface area contributed by atoms with Crippen LogP contribution in [-0.2, 0) is 9.53 Å². The molecule has 1 saturated heterocycles. The van der Waals surface area contributed by atoms with Gasteiger partial charge in [-0.05, 0) is 50.1 Å². The molecule has 9 nitrogen and oxygen atoms in total. The normalized spacial score (nSPS) is 14.6. The van der Waals surface area contributed by atoms with Gasteiger partial charge in [-0.15, -0.1) is 0 Å². The molecule has 0 radical (unpaired) electrons. The van der Waals surface area contributed by atoms with E-state index in [0.29, 0.717) is 16.9 Å². The van der Waals surface area contributed by atoms with E-state index in [4.69, 9.17) is 10.00 Å². The van der Waals surface area contributed by atoms with E-state index in [1.165, 1.54) is 25.1 Å². The highest BCUT2D eigenvalue weighted by Gasteiger charge is 2.25. The van der Waals surface area contributed by atoms with Crippen LogP contribution in [0.1, 0.15) is 48.5 Å². The first-order valence-corrected chi connectivity index (χ1v) is 10.4. The number of benzene rings is 2. The molecule has 0 aliphatic carbocycles. The Kier molecular flexibility index (Phi) is 7.39. The molecule has 1 fully saturated rings. The maximum atomic E-state index is 12.5. The molecule has 166 valence electrons. The molecule has 1 N–H and O–H groups in total. The number of hydrogen-bond donors (Lipinski definition) is 1. The molecule has 0 spiro atoms. The number of nitrogens with zero attached hydrogens (tertiary/aromatic N) is 3. The number of nitrogens with one attached hydrogen (secondary N) is 1. The molecule has 0 aromatic heterocycles. The Bertz CT molecular complexity index is 1050. The van der Waals surface area contributed by atoms with E-state index in [1.54, 1.807) is 24.3 Å². The van der Waals surface area contributed by atoms with Gasteiger partial charge in [0.1, 0.15) is 5.69 Å². The molecular formula is C23H24N4O5. The Morgan fingerprint density at radius 1 is 1.16 bits per heavy atom. The predicted octanol–water partition coefficient (Wildman–Crippen LogP) is 4.03. The molecule has 1 aliphatic heterocycles. The SMILES string of the molecule is CC(OC(=O)c1ccc(N2CCCCCC2)c([N+](=O)[O-])c1)C(=O)Nc1cccc(C#N)c1. The summed E-state index contributed by atoms with van der Waals surface area (Å²) in [5, 5.41) is 23.2. The second-order valence-corrected chi connectivity index (χ2v) is 7.59. The Labute approximate surface area is 185 Å². The smallest absolute Gasteiger partial charge is 0.339 e. The van der Waals surface area contributed by atoms with Gasteiger partial charge in [0.2, 0.25) is 0 Å². The van der Waals surface area contributed by atoms with Crippen LogP contribution in [0.15, 0.2) is 42.5 Å². The van der Waals surface area contributed by atoms with Crippen LogP contribution >= 0.6 is 0 Å². The maximum absolute atomic E-state index is 12.5. The third kappa shape index (κ3) is 5.60. The van der Waals surface area contributed by atoms with Crippen LogP contribution in [-0.4, -0.2) is 36.0 Å². The zero-order valence-corrected chi connectivity index (χ0v) is 17.7. The van der Waals surface area contributed by atoms with Crippen molar-refractivity contribution in [1.82, 2.24) is 0 Å². The van der Waals surface area contributed by atoms with E-state index in [0.717, 1.165) is 38.8 Å². The number of carbonyl (C=O) groups excluding carboxylic acids is 2. The van der Waals surface area contributed by atoms with E-state index in [2.05, 4.69) is 5.32 Å². The minimum atomic E-state index is -1.14. The molecule has 32 heavy (non-hydrogen) atoms. The van der Waals surface area contributed by atoms with Gasteiger partial charge < -0.3 is 15.0 Å². The molecule has 1 atom stereocenters. The molecule has 1 aliphatic rings. The van der Waals surface area contributed by atoms with Crippen molar-refractivity contribution in [3.05, 3.63) is 63.7 Å². The number of anilines is 2. The molecule has 9 heteroatoms. The number of ether oxygens (including phenoxy) is 1. The van der Waals surface area contributed by atoms with Gasteiger partial charge in [0.05, 0.1) is 22.1 Å². The molecule has 0 saturated carbocycles. The summed E-state index contributed by atoms with van der Waals surface area (Å²) in [6.45, 7) is 2.87. The second-order valence-electron chi connectivity index (χ2n) is 7.59. The molecular weight excluding hydrogens is 412 g/mol. The van der Waals surface area contributed by atoms with Gasteiger partial charge in [0.25, 0.3) is 11.6 Å². The first-order chi connectivity index (χ1) is 15.4. The van der Waals surface area contributed by atoms with Gasteiger partial charge in [-0.1, -0.05) is 18.9 Å². The first kappa shape index (κ1) is 22.7. The van der Waals surface area contributed by atoms with E-state index >= 15 is 0 Å². The molecule has 0 bridgehead atoms. The standard InChI is InChI=1S/C23H24N4O5/c1-16(22(28)25-19-8-6-7-17(13-19)15-24)32-23(29)18-9-10-20(21(14-18)27(30)31)26-11-4-2-3-5-12-26/h6-10,13-14,16H,2-5,11-12H2,1H3,(H,25,28). The summed E-state index contributed by atoms with van der Waals surface area (Å²) < 4.78 is 5.21. The molecule has 2 aromatic carbocycles. The van der Waals surface area contributed by atoms with Gasteiger partial charge >= 0.3 is 5.97 Å². The quantitative estimate of drug-likeness (QED) is 0.411. The van der Waals surface area contributed by atoms with Crippen LogP contribution in [0.3, 0.4) is 0 Å². The number of nitro benzene ring substituents is 1. The summed E-state index contributed by atoms with van der Waals surface area (Å²) >= 11 is 0. The number of nitriles is 1. The fourth-order valence-corrected chi connectivity index (χ4v) is 3.57. The first-order valence-electron chi connectivity index (χ1n) is 10.4. The third-order valence-corrected chi connectivity index (χ3v) is 5.27. The second kappa shape index (κ2) is 10.4. The average Bonchev–Trinajstić information content (AvgIpc) is 3.08. The van der Waals surface area contributed by atoms with E-state index in [1.807, 2.05) is 11.0 Å². The van der Waals surface area contributed by atoms with Gasteiger partial charge in [0.15, 0.2) is 6.10 Å². The maximum Gasteiger partial charge on any atom is 0.339 e. The van der Waals surface area contributed by atoms with Crippen molar-refractivity contribution in [3.8, 4) is 6.07 Å². The Morgan fingerprint density at radius 2 is 1.88 bits per heavy atom. The third-order valence-electron chi connectivity index (χ3n) is 5.27. The summed E-state index contributed by atoms with van der Waals surface area (Å²) in [5.41, 5.74) is 1.10. The van der Waals surface area contributed by atoms with Crippen molar-refractivity contribution in [2.75, 3.05) is 23.3 Å². The largest absolute Gasteiger partial charge is 0.449 e. The Balaban J connectivity index is 1.71. The number of hydrogen-bond acceptors (Lipinski definition) is 7. The number of nitro groups is 1. The molecule has 3 rings (SSSR count). The van der Waals surface area contributed by atoms with Crippen molar-refractivity contribution in [2.24, 2.45) is 0 Å². The van der Waals surface area contributed by atoms with Gasteiger partial charge in [-0.2, -0.15) is 5.26 Å². The van der Waals surface area contributed by atoms with Crippen LogP contribution < -0.4 is 10.2 Å². The summed E-state index contributed by atoms with van der Waals surface area (Å²) in [4.78, 5) is 38.0. The van der Waals surface area contributed by atoms with Crippen molar-refractivity contribution in [2.45, 2.75) is 38.7 Å². The lowest BCUT2D eigenvalue weighted by atomic mass is 10.1. The van der Waals surface area contributed by atoms with Gasteiger partial charge in [-0.25, -0.2) is 4.79 Å². The molecule has 1 unspecified atom stereocenters. The Morgan fingerprint density at radius 3 is 2.53 bits per heavy atom. The highest BCUT2D eigenvalue weighted by Crippen LogP contribution is 2.31. The average molecular weight is 436 g/mol. The van der Waals surface area contributed by atoms with Crippen molar-refractivity contribution in [3.63, 3.8) is 0 Å². The fourth-order valence-electron chi connectivity index (χ4n) is 3.57. The lowest BCUT2D eigenvalue weighted by Crippen LogP contribution is -2.30. The van der Waals surface area contributed by atoms with Crippen LogP contribution in [0.25, 0.3) is 0 Å². The van der Waals surface area contributed by atoms with Crippen LogP contribution in [0, 0.1) is 21.4 Å². The van der Waals surface area contributed by atoms with Crippen LogP contribution in [0.5, 0.6) is 0 Å². The molecule has 2 aromatic rings. The topological polar surface area (TPSA) is 126 Å². The van der Waals surface area contributed by atoms with Crippen molar-refractivity contribution in [1.29, 1.82) is 5.26 Å². The molecule has 1 heterocycles. The van der Waals surface area contributed by atoms with Crippen LogP contribution in [0.4, 0.5) is 17.1 Å². The highest BCUT2D eigenvalue weighted by atomic mass is 16.6. The summed E-state index contributed by atoms with van der Waals surface area (Å²) in [6.07, 6.45) is 2.97. The van der Waals surface area contributed by atoms with Gasteiger partial charge in [-0.3, -0.25) is 14.9 Å². The van der Waals surface area contributed by atoms with Crippen molar-refractivity contribution >= 4 is 28.9 Å². The summed E-state index contributed by atoms with van der Waals surface area (Å²) in [7, 11) is 0. The van der Waals surface area contributed by atoms with Crippen LogP contribution in [0.2, 0.25) is 0 Å². The van der Waals surface area contributed by atoms with Gasteiger partial charge in [0, 0.05) is 24.8 Å². The van der Waals surface area contributed by atoms with Crippen molar-refractivity contribution < 1.29 is 19.2 Å². The summed E-state index contributed by atoms with van der Waals surface area (Å²) in [6, 6.07) is 12.5.